The van der Waals surface area contributed by atoms with Crippen LogP contribution in [0, 0.1) is 0 Å². The summed E-state index contributed by atoms with van der Waals surface area (Å²) in [5.41, 5.74) is -2.23. The highest BCUT2D eigenvalue weighted by Crippen LogP contribution is 2.32. The van der Waals surface area contributed by atoms with Crippen LogP contribution in [0.15, 0.2) is 6.07 Å². The van der Waals surface area contributed by atoms with Gasteiger partial charge in [0.05, 0.1) is 17.1 Å². The lowest BCUT2D eigenvalue weighted by molar-refractivity contribution is -0.276. The molecule has 0 aliphatic carbocycles. The maximum atomic E-state index is 12.6. The Kier molecular flexibility index (Phi) is 4.92. The molecule has 0 bridgehead atoms. The minimum atomic E-state index is -5.15. The van der Waals surface area contributed by atoms with Crippen molar-refractivity contribution in [3.05, 3.63) is 22.9 Å². The third-order valence-corrected chi connectivity index (χ3v) is 2.34. The number of ether oxygens (including phenoxy) is 1. The van der Waals surface area contributed by atoms with Gasteiger partial charge in [0.1, 0.15) is 0 Å². The summed E-state index contributed by atoms with van der Waals surface area (Å²) in [6, 6.07) is 0.478. The van der Waals surface area contributed by atoms with Crippen LogP contribution in [0.25, 0.3) is 0 Å². The first-order valence-electron chi connectivity index (χ1n) is 4.49. The second kappa shape index (κ2) is 5.87. The Labute approximate surface area is 113 Å². The maximum absolute atomic E-state index is 12.6. The largest absolute Gasteiger partial charge is 0.574 e. The van der Waals surface area contributed by atoms with E-state index in [1.54, 1.807) is 0 Å². The molecule has 0 aliphatic heterocycles. The van der Waals surface area contributed by atoms with Crippen LogP contribution in [0.2, 0.25) is 0 Å². The Morgan fingerprint density at radius 2 is 2.00 bits per heavy atom. The molecule has 0 fully saturated rings. The Hall–Kier alpha value is -1.15. The maximum Gasteiger partial charge on any atom is 0.574 e. The van der Waals surface area contributed by atoms with E-state index in [0.29, 0.717) is 6.07 Å². The van der Waals surface area contributed by atoms with Crippen molar-refractivity contribution < 1.29 is 31.5 Å². The van der Waals surface area contributed by atoms with Crippen molar-refractivity contribution in [2.75, 3.05) is 0 Å². The van der Waals surface area contributed by atoms with Crippen molar-refractivity contribution >= 4 is 28.4 Å². The summed E-state index contributed by atoms with van der Waals surface area (Å²) in [7, 11) is 0. The first-order chi connectivity index (χ1) is 8.65. The van der Waals surface area contributed by atoms with Gasteiger partial charge in [-0.1, -0.05) is 0 Å². The van der Waals surface area contributed by atoms with Gasteiger partial charge in [-0.2, -0.15) is 0 Å². The second-order valence-corrected chi connectivity index (χ2v) is 3.74. The highest BCUT2D eigenvalue weighted by Gasteiger charge is 2.34. The van der Waals surface area contributed by atoms with Crippen LogP contribution in [0.5, 0.6) is 5.88 Å². The summed E-state index contributed by atoms with van der Waals surface area (Å²) in [5, 5.41) is -1.41. The number of aromatic nitrogens is 1. The quantitative estimate of drug-likeness (QED) is 0.477. The van der Waals surface area contributed by atoms with E-state index in [1.807, 2.05) is 0 Å². The average molecular weight is 324 g/mol. The van der Waals surface area contributed by atoms with Gasteiger partial charge in [0.25, 0.3) is 11.7 Å². The van der Waals surface area contributed by atoms with Crippen molar-refractivity contribution in [1.82, 2.24) is 4.98 Å². The van der Waals surface area contributed by atoms with Crippen LogP contribution < -0.4 is 4.74 Å². The molecule has 1 rings (SSSR count). The average Bonchev–Trinajstić information content (AvgIpc) is 2.25. The van der Waals surface area contributed by atoms with Gasteiger partial charge < -0.3 is 4.74 Å². The Bertz CT molecular complexity index is 492. The highest BCUT2D eigenvalue weighted by atomic mass is 35.5. The normalized spacial score (nSPS) is 11.8. The molecule has 1 aromatic rings. The Morgan fingerprint density at radius 3 is 2.37 bits per heavy atom. The summed E-state index contributed by atoms with van der Waals surface area (Å²) < 4.78 is 64.9. The molecule has 19 heavy (non-hydrogen) atoms. The molecular formula is C9H4Cl2F5NO2. The molecule has 0 saturated heterocycles. The van der Waals surface area contributed by atoms with E-state index in [0.717, 1.165) is 0 Å². The number of nitrogens with zero attached hydrogens (tertiary/aromatic N) is 1. The lowest BCUT2D eigenvalue weighted by Crippen LogP contribution is -2.20. The predicted octanol–water partition coefficient (Wildman–Crippen LogP) is 4.04. The van der Waals surface area contributed by atoms with Crippen molar-refractivity contribution in [2.45, 2.75) is 18.7 Å². The van der Waals surface area contributed by atoms with Crippen LogP contribution in [-0.2, 0) is 5.88 Å². The number of pyridine rings is 1. The summed E-state index contributed by atoms with van der Waals surface area (Å²) >= 11 is 10.3. The van der Waals surface area contributed by atoms with Gasteiger partial charge in [0.2, 0.25) is 5.88 Å². The zero-order valence-corrected chi connectivity index (χ0v) is 10.3. The van der Waals surface area contributed by atoms with E-state index in [9.17, 15) is 26.7 Å². The number of rotatable bonds is 4. The van der Waals surface area contributed by atoms with Gasteiger partial charge in [0.15, 0.2) is 0 Å². The molecule has 0 aromatic carbocycles. The van der Waals surface area contributed by atoms with E-state index in [2.05, 4.69) is 9.72 Å². The van der Waals surface area contributed by atoms with Gasteiger partial charge in [0, 0.05) is 5.56 Å². The molecule has 1 aromatic heterocycles. The van der Waals surface area contributed by atoms with Gasteiger partial charge in [-0.3, -0.25) is 4.79 Å². The molecule has 0 aliphatic rings. The molecule has 0 atom stereocenters. The second-order valence-electron chi connectivity index (χ2n) is 3.13. The van der Waals surface area contributed by atoms with Gasteiger partial charge >= 0.3 is 6.36 Å². The van der Waals surface area contributed by atoms with Gasteiger partial charge in [-0.05, 0) is 17.7 Å². The van der Waals surface area contributed by atoms with Crippen LogP contribution in [-0.4, -0.2) is 16.6 Å². The number of halogens is 7. The molecule has 0 unspecified atom stereocenters. The third-order valence-electron chi connectivity index (χ3n) is 1.89. The first kappa shape index (κ1) is 15.9. The number of hydrogen-bond acceptors (Lipinski definition) is 3. The Morgan fingerprint density at radius 1 is 1.42 bits per heavy atom. The molecule has 3 nitrogen and oxygen atoms in total. The smallest absolute Gasteiger partial charge is 0.387 e. The van der Waals surface area contributed by atoms with Crippen LogP contribution >= 0.6 is 23.2 Å². The van der Waals surface area contributed by atoms with E-state index in [1.165, 1.54) is 0 Å². The topological polar surface area (TPSA) is 39.2 Å². The van der Waals surface area contributed by atoms with Gasteiger partial charge in [-0.25, -0.2) is 13.8 Å². The van der Waals surface area contributed by atoms with Crippen LogP contribution in [0.1, 0.15) is 28.0 Å². The summed E-state index contributed by atoms with van der Waals surface area (Å²) in [4.78, 5) is 14.1. The fourth-order valence-electron chi connectivity index (χ4n) is 1.17. The molecule has 0 radical (unpaired) electrons. The van der Waals surface area contributed by atoms with Crippen LogP contribution in [0.3, 0.4) is 0 Å². The monoisotopic (exact) mass is 323 g/mol. The fraction of sp³-hybridized carbons (Fsp3) is 0.333. The van der Waals surface area contributed by atoms with Crippen molar-refractivity contribution in [2.24, 2.45) is 0 Å². The molecule has 0 amide bonds. The molecule has 1 heterocycles. The number of carbonyl (C=O) groups excluding carboxylic acids is 1. The molecule has 0 spiro atoms. The van der Waals surface area contributed by atoms with E-state index in [-0.39, 0.29) is 0 Å². The predicted molar refractivity (Wildman–Crippen MR) is 55.6 cm³/mol. The zero-order chi connectivity index (χ0) is 14.8. The van der Waals surface area contributed by atoms with Crippen LogP contribution in [0.4, 0.5) is 22.0 Å². The SMILES string of the molecule is O=C(Cl)c1cc(C(F)F)c(CCl)nc1OC(F)(F)F. The zero-order valence-electron chi connectivity index (χ0n) is 8.77. The van der Waals surface area contributed by atoms with Crippen molar-refractivity contribution in [1.29, 1.82) is 0 Å². The molecule has 0 N–H and O–H groups in total. The minimum Gasteiger partial charge on any atom is -0.387 e. The minimum absolute atomic E-state index is 0.478. The van der Waals surface area contributed by atoms with E-state index >= 15 is 0 Å². The fourth-order valence-corrected chi connectivity index (χ4v) is 1.52. The number of alkyl halides is 6. The summed E-state index contributed by atoms with van der Waals surface area (Å²) in [6.45, 7) is 0. The summed E-state index contributed by atoms with van der Waals surface area (Å²) in [6.07, 6.45) is -8.22. The number of hydrogen-bond donors (Lipinski definition) is 0. The molecular weight excluding hydrogens is 320 g/mol. The van der Waals surface area contributed by atoms with E-state index in [4.69, 9.17) is 23.2 Å². The lowest BCUT2D eigenvalue weighted by atomic mass is 10.1. The lowest BCUT2D eigenvalue weighted by Gasteiger charge is -2.13. The first-order valence-corrected chi connectivity index (χ1v) is 5.40. The van der Waals surface area contributed by atoms with Crippen molar-refractivity contribution in [3.8, 4) is 5.88 Å². The number of carbonyl (C=O) groups is 1. The highest BCUT2D eigenvalue weighted by molar-refractivity contribution is 6.68. The summed E-state index contributed by atoms with van der Waals surface area (Å²) in [5.74, 6) is -1.79. The molecule has 0 saturated carbocycles. The van der Waals surface area contributed by atoms with E-state index < -0.39 is 46.6 Å². The molecule has 10 heteroatoms. The molecule has 106 valence electrons. The third kappa shape index (κ3) is 4.17. The van der Waals surface area contributed by atoms with Gasteiger partial charge in [-0.15, -0.1) is 24.8 Å². The van der Waals surface area contributed by atoms with Crippen molar-refractivity contribution in [3.63, 3.8) is 0 Å². The Balaban J connectivity index is 3.40. The standard InChI is InChI=1S/C9H4Cl2F5NO2/c10-2-5-3(7(12)13)1-4(6(11)18)8(17-5)19-9(14,15)16/h1,7H,2H2.